The quantitative estimate of drug-likeness (QED) is 0.843. The van der Waals surface area contributed by atoms with Crippen molar-refractivity contribution in [3.05, 3.63) is 36.3 Å². The molecule has 27 heavy (non-hydrogen) atoms. The standard InChI is InChI=1S/C19H23FN6O/c1-13(27)25-8-10-26(11-9-25)16-6-4-14(5-7-16)22-18-17(20)12-21-19(24-18)23-15-2-3-15/h4-7,12,15H,2-3,8-11H2,1H3,(H2,21,22,23,24). The van der Waals surface area contributed by atoms with Gasteiger partial charge >= 0.3 is 0 Å². The minimum absolute atomic E-state index is 0.122. The van der Waals surface area contributed by atoms with E-state index in [2.05, 4.69) is 25.5 Å². The maximum absolute atomic E-state index is 14.0. The van der Waals surface area contributed by atoms with Crippen molar-refractivity contribution in [2.45, 2.75) is 25.8 Å². The van der Waals surface area contributed by atoms with Crippen LogP contribution in [0.1, 0.15) is 19.8 Å². The van der Waals surface area contributed by atoms with Crippen molar-refractivity contribution in [1.82, 2.24) is 14.9 Å². The van der Waals surface area contributed by atoms with Gasteiger partial charge in [0, 0.05) is 50.5 Å². The Labute approximate surface area is 157 Å². The van der Waals surface area contributed by atoms with Crippen LogP contribution < -0.4 is 15.5 Å². The van der Waals surface area contributed by atoms with Gasteiger partial charge in [-0.15, -0.1) is 0 Å². The number of hydrogen-bond acceptors (Lipinski definition) is 6. The van der Waals surface area contributed by atoms with Gasteiger partial charge in [-0.3, -0.25) is 4.79 Å². The SMILES string of the molecule is CC(=O)N1CCN(c2ccc(Nc3nc(NC4CC4)ncc3F)cc2)CC1. The molecule has 0 unspecified atom stereocenters. The third-order valence-electron chi connectivity index (χ3n) is 4.87. The molecule has 2 aliphatic rings. The normalized spacial score (nSPS) is 17.0. The molecule has 1 saturated carbocycles. The van der Waals surface area contributed by atoms with Crippen molar-refractivity contribution in [1.29, 1.82) is 0 Å². The average molecular weight is 370 g/mol. The highest BCUT2D eigenvalue weighted by Gasteiger charge is 2.22. The molecule has 0 spiro atoms. The number of nitrogens with one attached hydrogen (secondary N) is 2. The zero-order chi connectivity index (χ0) is 18.8. The molecule has 1 aliphatic heterocycles. The molecule has 1 aromatic heterocycles. The van der Waals surface area contributed by atoms with Crippen molar-refractivity contribution in [3.63, 3.8) is 0 Å². The van der Waals surface area contributed by atoms with E-state index in [4.69, 9.17) is 0 Å². The van der Waals surface area contributed by atoms with Crippen molar-refractivity contribution in [3.8, 4) is 0 Å². The monoisotopic (exact) mass is 370 g/mol. The molecular weight excluding hydrogens is 347 g/mol. The first kappa shape index (κ1) is 17.5. The van der Waals surface area contributed by atoms with Gasteiger partial charge < -0.3 is 20.4 Å². The highest BCUT2D eigenvalue weighted by molar-refractivity contribution is 5.73. The van der Waals surface area contributed by atoms with Crippen molar-refractivity contribution >= 4 is 29.0 Å². The maximum Gasteiger partial charge on any atom is 0.225 e. The second-order valence-corrected chi connectivity index (χ2v) is 6.97. The maximum atomic E-state index is 14.0. The van der Waals surface area contributed by atoms with E-state index in [1.54, 1.807) is 6.92 Å². The van der Waals surface area contributed by atoms with E-state index in [1.807, 2.05) is 29.2 Å². The Hall–Kier alpha value is -2.90. The molecule has 1 aliphatic carbocycles. The van der Waals surface area contributed by atoms with E-state index in [0.29, 0.717) is 12.0 Å². The first-order valence-corrected chi connectivity index (χ1v) is 9.25. The third-order valence-corrected chi connectivity index (χ3v) is 4.87. The summed E-state index contributed by atoms with van der Waals surface area (Å²) in [5.74, 6) is 0.245. The van der Waals surface area contributed by atoms with Gasteiger partial charge in [0.25, 0.3) is 0 Å². The molecule has 1 saturated heterocycles. The van der Waals surface area contributed by atoms with E-state index in [1.165, 1.54) is 6.20 Å². The first-order chi connectivity index (χ1) is 13.1. The number of carbonyl (C=O) groups excluding carboxylic acids is 1. The number of carbonyl (C=O) groups is 1. The highest BCUT2D eigenvalue weighted by Crippen LogP contribution is 2.26. The van der Waals surface area contributed by atoms with Crippen LogP contribution in [0.2, 0.25) is 0 Å². The predicted molar refractivity (Wildman–Crippen MR) is 103 cm³/mol. The Morgan fingerprint density at radius 1 is 1.15 bits per heavy atom. The second-order valence-electron chi connectivity index (χ2n) is 6.97. The summed E-state index contributed by atoms with van der Waals surface area (Å²) in [5, 5.41) is 6.19. The lowest BCUT2D eigenvalue weighted by Crippen LogP contribution is -2.48. The Morgan fingerprint density at radius 2 is 1.85 bits per heavy atom. The van der Waals surface area contributed by atoms with Gasteiger partial charge in [0.15, 0.2) is 11.6 Å². The van der Waals surface area contributed by atoms with Crippen LogP contribution in [0.15, 0.2) is 30.5 Å². The number of amides is 1. The number of anilines is 4. The van der Waals surface area contributed by atoms with Crippen LogP contribution in [0.5, 0.6) is 0 Å². The molecule has 1 aromatic carbocycles. The molecule has 8 heteroatoms. The lowest BCUT2D eigenvalue weighted by atomic mass is 10.2. The van der Waals surface area contributed by atoms with Gasteiger partial charge in [-0.25, -0.2) is 9.37 Å². The van der Waals surface area contributed by atoms with Gasteiger partial charge in [0.1, 0.15) is 0 Å². The summed E-state index contributed by atoms with van der Waals surface area (Å²) < 4.78 is 14.0. The number of hydrogen-bond donors (Lipinski definition) is 2. The average Bonchev–Trinajstić information content (AvgIpc) is 3.49. The van der Waals surface area contributed by atoms with Crippen LogP contribution in [0.4, 0.5) is 27.5 Å². The predicted octanol–water partition coefficient (Wildman–Crippen LogP) is 2.60. The minimum Gasteiger partial charge on any atom is -0.368 e. The van der Waals surface area contributed by atoms with Gasteiger partial charge in [0.2, 0.25) is 11.9 Å². The van der Waals surface area contributed by atoms with Crippen LogP contribution in [-0.2, 0) is 4.79 Å². The molecule has 2 N–H and O–H groups in total. The molecule has 1 amide bonds. The summed E-state index contributed by atoms with van der Waals surface area (Å²) in [6, 6.07) is 8.21. The topological polar surface area (TPSA) is 73.4 Å². The number of nitrogens with zero attached hydrogens (tertiary/aromatic N) is 4. The largest absolute Gasteiger partial charge is 0.368 e. The lowest BCUT2D eigenvalue weighted by molar-refractivity contribution is -0.129. The van der Waals surface area contributed by atoms with Gasteiger partial charge in [-0.1, -0.05) is 0 Å². The number of rotatable bonds is 5. The molecule has 2 heterocycles. The number of halogens is 1. The van der Waals surface area contributed by atoms with Crippen molar-refractivity contribution < 1.29 is 9.18 Å². The zero-order valence-corrected chi connectivity index (χ0v) is 15.3. The molecule has 142 valence electrons. The molecule has 0 radical (unpaired) electrons. The summed E-state index contributed by atoms with van der Waals surface area (Å²) in [5.41, 5.74) is 1.85. The van der Waals surface area contributed by atoms with Crippen LogP contribution in [0.25, 0.3) is 0 Å². The minimum atomic E-state index is -0.485. The number of aromatic nitrogens is 2. The fraction of sp³-hybridized carbons (Fsp3) is 0.421. The van der Waals surface area contributed by atoms with E-state index < -0.39 is 5.82 Å². The van der Waals surface area contributed by atoms with Crippen molar-refractivity contribution in [2.24, 2.45) is 0 Å². The fourth-order valence-corrected chi connectivity index (χ4v) is 3.11. The van der Waals surface area contributed by atoms with Crippen molar-refractivity contribution in [2.75, 3.05) is 41.7 Å². The Balaban J connectivity index is 1.40. The van der Waals surface area contributed by atoms with Crippen LogP contribution >= 0.6 is 0 Å². The molecule has 4 rings (SSSR count). The Morgan fingerprint density at radius 3 is 2.48 bits per heavy atom. The molecule has 0 atom stereocenters. The van der Waals surface area contributed by atoms with Gasteiger partial charge in [-0.05, 0) is 37.1 Å². The molecule has 2 fully saturated rings. The summed E-state index contributed by atoms with van der Waals surface area (Å²) in [4.78, 5) is 23.7. The third kappa shape index (κ3) is 4.27. The van der Waals surface area contributed by atoms with E-state index in [9.17, 15) is 9.18 Å². The summed E-state index contributed by atoms with van der Waals surface area (Å²) in [7, 11) is 0. The fourth-order valence-electron chi connectivity index (χ4n) is 3.11. The smallest absolute Gasteiger partial charge is 0.225 e. The summed E-state index contributed by atoms with van der Waals surface area (Å²) in [6.45, 7) is 4.69. The Kier molecular flexibility index (Phi) is 4.79. The van der Waals surface area contributed by atoms with E-state index in [-0.39, 0.29) is 11.7 Å². The number of benzene rings is 1. The second kappa shape index (κ2) is 7.38. The zero-order valence-electron chi connectivity index (χ0n) is 15.3. The van der Waals surface area contributed by atoms with Crippen LogP contribution in [0, 0.1) is 5.82 Å². The van der Waals surface area contributed by atoms with Gasteiger partial charge in [-0.2, -0.15) is 4.98 Å². The van der Waals surface area contributed by atoms with E-state index >= 15 is 0 Å². The highest BCUT2D eigenvalue weighted by atomic mass is 19.1. The van der Waals surface area contributed by atoms with Crippen LogP contribution in [-0.4, -0.2) is 53.0 Å². The Bertz CT molecular complexity index is 815. The molecule has 7 nitrogen and oxygen atoms in total. The van der Waals surface area contributed by atoms with Crippen LogP contribution in [0.3, 0.4) is 0 Å². The molecule has 0 bridgehead atoms. The van der Waals surface area contributed by atoms with E-state index in [0.717, 1.165) is 50.4 Å². The lowest BCUT2D eigenvalue weighted by Gasteiger charge is -2.35. The van der Waals surface area contributed by atoms with Gasteiger partial charge in [0.05, 0.1) is 6.20 Å². The summed E-state index contributed by atoms with van der Waals surface area (Å²) in [6.07, 6.45) is 3.39. The summed E-state index contributed by atoms with van der Waals surface area (Å²) >= 11 is 0. The molecular formula is C19H23FN6O. The first-order valence-electron chi connectivity index (χ1n) is 9.25. The molecule has 2 aromatic rings. The number of piperazine rings is 1.